The molecule has 0 radical (unpaired) electrons. The Morgan fingerprint density at radius 2 is 1.78 bits per heavy atom. The van der Waals surface area contributed by atoms with Crippen molar-refractivity contribution in [3.8, 4) is 11.1 Å². The summed E-state index contributed by atoms with van der Waals surface area (Å²) in [6.45, 7) is 2.83. The zero-order valence-electron chi connectivity index (χ0n) is 17.8. The number of halogens is 1. The summed E-state index contributed by atoms with van der Waals surface area (Å²) in [5.41, 5.74) is 4.44. The van der Waals surface area contributed by atoms with Crippen LogP contribution in [0.2, 0.25) is 0 Å². The van der Waals surface area contributed by atoms with E-state index in [0.29, 0.717) is 18.7 Å². The monoisotopic (exact) mass is 445 g/mol. The molecule has 5 rings (SSSR count). The Balaban J connectivity index is 1.39. The normalized spacial score (nSPS) is 14.2. The molecule has 1 fully saturated rings. The highest BCUT2D eigenvalue weighted by Crippen LogP contribution is 2.31. The first-order chi connectivity index (χ1) is 15.6. The number of fused-ring (bicyclic) bond motifs is 1. The van der Waals surface area contributed by atoms with Gasteiger partial charge in [-0.1, -0.05) is 18.2 Å². The molecule has 32 heavy (non-hydrogen) atoms. The number of aromatic amines is 1. The molecule has 1 aromatic heterocycles. The molecule has 0 unspecified atom stereocenters. The Labute approximate surface area is 191 Å². The van der Waals surface area contributed by atoms with Crippen LogP contribution in [0.5, 0.6) is 0 Å². The van der Waals surface area contributed by atoms with E-state index in [-0.39, 0.29) is 11.7 Å². The van der Waals surface area contributed by atoms with E-state index in [2.05, 4.69) is 34.1 Å². The van der Waals surface area contributed by atoms with Crippen molar-refractivity contribution in [2.75, 3.05) is 37.3 Å². The molecule has 1 aliphatic rings. The molecule has 0 saturated carbocycles. The molecule has 1 saturated heterocycles. The van der Waals surface area contributed by atoms with Gasteiger partial charge < -0.3 is 14.8 Å². The lowest BCUT2D eigenvalue weighted by Crippen LogP contribution is -2.49. The molecule has 0 bridgehead atoms. The van der Waals surface area contributed by atoms with Crippen LogP contribution in [0.3, 0.4) is 0 Å². The number of H-pyrrole nitrogens is 1. The van der Waals surface area contributed by atoms with Crippen LogP contribution in [-0.4, -0.2) is 48.2 Å². The van der Waals surface area contributed by atoms with E-state index >= 15 is 0 Å². The summed E-state index contributed by atoms with van der Waals surface area (Å²) in [6, 6.07) is 20.6. The number of nitrogens with one attached hydrogen (secondary N) is 1. The first-order valence-electron chi connectivity index (χ1n) is 10.7. The zero-order valence-corrected chi connectivity index (χ0v) is 18.7. The van der Waals surface area contributed by atoms with E-state index in [1.54, 1.807) is 17.8 Å². The van der Waals surface area contributed by atoms with Gasteiger partial charge in [0.2, 0.25) is 0 Å². The standard InChI is InChI=1S/C26H24FN3OS/c1-32-20-8-9-21(23(17-20)18-4-2-5-19(27)16-18)26(31)30-14-12-29(13-15-30)25-7-3-6-24-22(25)10-11-28-24/h2-11,16-17,28H,12-15H2,1H3. The fourth-order valence-electron chi connectivity index (χ4n) is 4.40. The molecule has 1 N–H and O–H groups in total. The highest BCUT2D eigenvalue weighted by molar-refractivity contribution is 7.98. The minimum atomic E-state index is -0.303. The second-order valence-corrected chi connectivity index (χ2v) is 8.80. The van der Waals surface area contributed by atoms with E-state index in [4.69, 9.17) is 0 Å². The maximum atomic E-state index is 13.9. The lowest BCUT2D eigenvalue weighted by Gasteiger charge is -2.36. The number of rotatable bonds is 4. The largest absolute Gasteiger partial charge is 0.367 e. The minimum Gasteiger partial charge on any atom is -0.367 e. The summed E-state index contributed by atoms with van der Waals surface area (Å²) in [5, 5.41) is 1.20. The third kappa shape index (κ3) is 3.86. The second kappa shape index (κ2) is 8.71. The number of benzene rings is 3. The number of hydrogen-bond donors (Lipinski definition) is 1. The van der Waals surface area contributed by atoms with Gasteiger partial charge in [-0.05, 0) is 65.9 Å². The van der Waals surface area contributed by atoms with Gasteiger partial charge in [0.15, 0.2) is 0 Å². The van der Waals surface area contributed by atoms with Crippen LogP contribution in [0.1, 0.15) is 10.4 Å². The van der Waals surface area contributed by atoms with Crippen LogP contribution in [0, 0.1) is 5.82 Å². The molecule has 2 heterocycles. The summed E-state index contributed by atoms with van der Waals surface area (Å²) >= 11 is 1.61. The van der Waals surface area contributed by atoms with E-state index in [1.807, 2.05) is 41.6 Å². The highest BCUT2D eigenvalue weighted by atomic mass is 32.2. The van der Waals surface area contributed by atoms with Gasteiger partial charge in [-0.25, -0.2) is 4.39 Å². The molecule has 0 spiro atoms. The predicted molar refractivity (Wildman–Crippen MR) is 130 cm³/mol. The Morgan fingerprint density at radius 1 is 0.969 bits per heavy atom. The number of anilines is 1. The maximum absolute atomic E-state index is 13.9. The summed E-state index contributed by atoms with van der Waals surface area (Å²) in [7, 11) is 0. The van der Waals surface area contributed by atoms with Crippen molar-refractivity contribution in [1.82, 2.24) is 9.88 Å². The predicted octanol–water partition coefficient (Wildman–Crippen LogP) is 5.66. The number of carbonyl (C=O) groups excluding carboxylic acids is 1. The minimum absolute atomic E-state index is 0.00332. The molecule has 6 heteroatoms. The Hall–Kier alpha value is -3.25. The number of carbonyl (C=O) groups is 1. The van der Waals surface area contributed by atoms with Crippen LogP contribution < -0.4 is 4.90 Å². The van der Waals surface area contributed by atoms with Gasteiger partial charge >= 0.3 is 0 Å². The molecule has 0 aliphatic carbocycles. The number of thioether (sulfide) groups is 1. The van der Waals surface area contributed by atoms with Crippen molar-refractivity contribution >= 4 is 34.3 Å². The van der Waals surface area contributed by atoms with Crippen LogP contribution in [-0.2, 0) is 0 Å². The summed E-state index contributed by atoms with van der Waals surface area (Å²) in [6.07, 6.45) is 3.95. The van der Waals surface area contributed by atoms with E-state index in [1.165, 1.54) is 23.2 Å². The van der Waals surface area contributed by atoms with Crippen LogP contribution in [0.4, 0.5) is 10.1 Å². The summed E-state index contributed by atoms with van der Waals surface area (Å²) in [5.74, 6) is -0.306. The lowest BCUT2D eigenvalue weighted by molar-refractivity contribution is 0.0747. The fourth-order valence-corrected chi connectivity index (χ4v) is 4.84. The quantitative estimate of drug-likeness (QED) is 0.412. The number of amides is 1. The average Bonchev–Trinajstić information content (AvgIpc) is 3.32. The summed E-state index contributed by atoms with van der Waals surface area (Å²) in [4.78, 5) is 22.0. The van der Waals surface area contributed by atoms with Gasteiger partial charge in [0, 0.05) is 59.4 Å². The van der Waals surface area contributed by atoms with Gasteiger partial charge in [-0.2, -0.15) is 0 Å². The zero-order chi connectivity index (χ0) is 22.1. The molecule has 4 nitrogen and oxygen atoms in total. The highest BCUT2D eigenvalue weighted by Gasteiger charge is 2.25. The van der Waals surface area contributed by atoms with Crippen molar-refractivity contribution in [2.24, 2.45) is 0 Å². The SMILES string of the molecule is CSc1ccc(C(=O)N2CCN(c3cccc4[nH]ccc34)CC2)c(-c2cccc(F)c2)c1. The first-order valence-corrected chi connectivity index (χ1v) is 11.9. The molecule has 162 valence electrons. The van der Waals surface area contributed by atoms with Gasteiger partial charge in [-0.3, -0.25) is 4.79 Å². The van der Waals surface area contributed by atoms with Crippen molar-refractivity contribution in [1.29, 1.82) is 0 Å². The van der Waals surface area contributed by atoms with Crippen molar-refractivity contribution in [3.63, 3.8) is 0 Å². The van der Waals surface area contributed by atoms with Gasteiger partial charge in [0.25, 0.3) is 5.91 Å². The Kier molecular flexibility index (Phi) is 5.62. The molecule has 3 aromatic carbocycles. The topological polar surface area (TPSA) is 39.3 Å². The first kappa shape index (κ1) is 20.6. The summed E-state index contributed by atoms with van der Waals surface area (Å²) < 4.78 is 13.9. The molecule has 0 atom stereocenters. The number of nitrogens with zero attached hydrogens (tertiary/aromatic N) is 2. The van der Waals surface area contributed by atoms with E-state index in [9.17, 15) is 9.18 Å². The number of piperazine rings is 1. The number of aromatic nitrogens is 1. The molecular weight excluding hydrogens is 421 g/mol. The Bertz CT molecular complexity index is 1280. The average molecular weight is 446 g/mol. The maximum Gasteiger partial charge on any atom is 0.254 e. The lowest BCUT2D eigenvalue weighted by atomic mass is 9.98. The van der Waals surface area contributed by atoms with Crippen LogP contribution in [0.25, 0.3) is 22.0 Å². The van der Waals surface area contributed by atoms with Crippen LogP contribution in [0.15, 0.2) is 77.8 Å². The fraction of sp³-hybridized carbons (Fsp3) is 0.192. The molecule has 1 aliphatic heterocycles. The smallest absolute Gasteiger partial charge is 0.254 e. The molecular formula is C26H24FN3OS. The Morgan fingerprint density at radius 3 is 2.56 bits per heavy atom. The van der Waals surface area contributed by atoms with E-state index in [0.717, 1.165) is 34.6 Å². The second-order valence-electron chi connectivity index (χ2n) is 7.92. The van der Waals surface area contributed by atoms with Crippen molar-refractivity contribution < 1.29 is 9.18 Å². The van der Waals surface area contributed by atoms with Crippen molar-refractivity contribution in [3.05, 3.63) is 84.3 Å². The van der Waals surface area contributed by atoms with Crippen LogP contribution >= 0.6 is 11.8 Å². The third-order valence-corrected chi connectivity index (χ3v) is 6.80. The van der Waals surface area contributed by atoms with Crippen molar-refractivity contribution in [2.45, 2.75) is 4.90 Å². The third-order valence-electron chi connectivity index (χ3n) is 6.07. The molecule has 1 amide bonds. The number of hydrogen-bond acceptors (Lipinski definition) is 3. The van der Waals surface area contributed by atoms with Gasteiger partial charge in [0.05, 0.1) is 0 Å². The van der Waals surface area contributed by atoms with Gasteiger partial charge in [0.1, 0.15) is 5.82 Å². The van der Waals surface area contributed by atoms with E-state index < -0.39 is 0 Å². The molecule has 4 aromatic rings. The van der Waals surface area contributed by atoms with Gasteiger partial charge in [-0.15, -0.1) is 11.8 Å².